The highest BCUT2D eigenvalue weighted by molar-refractivity contribution is 8.14. The largest absolute Gasteiger partial charge is 0.463 e. The van der Waals surface area contributed by atoms with Crippen molar-refractivity contribution in [2.75, 3.05) is 17.7 Å². The third-order valence-electron chi connectivity index (χ3n) is 4.67. The maximum Gasteiger partial charge on any atom is 0.338 e. The molecule has 3 rings (SSSR count). The Balaban J connectivity index is 1.74. The summed E-state index contributed by atoms with van der Waals surface area (Å²) in [6, 6.07) is 15.1. The molecular formula is C24H27N3O3S. The zero-order chi connectivity index (χ0) is 22.4. The van der Waals surface area contributed by atoms with E-state index in [2.05, 4.69) is 16.7 Å². The predicted molar refractivity (Wildman–Crippen MR) is 126 cm³/mol. The van der Waals surface area contributed by atoms with Crippen LogP contribution >= 0.6 is 11.8 Å². The summed E-state index contributed by atoms with van der Waals surface area (Å²) in [4.78, 5) is 29.8. The zero-order valence-corrected chi connectivity index (χ0v) is 19.0. The van der Waals surface area contributed by atoms with Crippen molar-refractivity contribution >= 4 is 34.5 Å². The van der Waals surface area contributed by atoms with Crippen molar-refractivity contribution < 1.29 is 14.3 Å². The number of carbonyl (C=O) groups excluding carboxylic acids is 2. The summed E-state index contributed by atoms with van der Waals surface area (Å²) in [6.45, 7) is 7.89. The average Bonchev–Trinajstić information content (AvgIpc) is 2.72. The van der Waals surface area contributed by atoms with Gasteiger partial charge in [-0.2, -0.15) is 0 Å². The Bertz CT molecular complexity index is 1010. The zero-order valence-electron chi connectivity index (χ0n) is 18.2. The Labute approximate surface area is 187 Å². The Morgan fingerprint density at radius 3 is 2.42 bits per heavy atom. The second-order valence-electron chi connectivity index (χ2n) is 7.34. The molecule has 31 heavy (non-hydrogen) atoms. The molecular weight excluding hydrogens is 410 g/mol. The number of amides is 1. The molecule has 0 aromatic heterocycles. The van der Waals surface area contributed by atoms with Gasteiger partial charge in [-0.3, -0.25) is 4.79 Å². The van der Waals surface area contributed by atoms with E-state index in [4.69, 9.17) is 9.73 Å². The summed E-state index contributed by atoms with van der Waals surface area (Å²) in [5.41, 5.74) is 5.03. The van der Waals surface area contributed by atoms with Crippen molar-refractivity contribution in [3.8, 4) is 0 Å². The molecule has 0 spiro atoms. The molecule has 0 saturated heterocycles. The summed E-state index contributed by atoms with van der Waals surface area (Å²) in [5, 5.41) is 6.68. The van der Waals surface area contributed by atoms with Gasteiger partial charge in [0.2, 0.25) is 5.91 Å². The van der Waals surface area contributed by atoms with Crippen molar-refractivity contribution in [1.82, 2.24) is 5.32 Å². The minimum atomic E-state index is -0.480. The third kappa shape index (κ3) is 5.98. The van der Waals surface area contributed by atoms with Gasteiger partial charge >= 0.3 is 5.97 Å². The van der Waals surface area contributed by atoms with E-state index in [1.807, 2.05) is 63.2 Å². The van der Waals surface area contributed by atoms with E-state index in [9.17, 15) is 9.59 Å². The fourth-order valence-corrected chi connectivity index (χ4v) is 4.19. The van der Waals surface area contributed by atoms with E-state index < -0.39 is 6.04 Å². The molecule has 1 heterocycles. The number of rotatable bonds is 6. The lowest BCUT2D eigenvalue weighted by Gasteiger charge is -2.25. The highest BCUT2D eigenvalue weighted by Crippen LogP contribution is 2.32. The highest BCUT2D eigenvalue weighted by Gasteiger charge is 2.30. The van der Waals surface area contributed by atoms with Gasteiger partial charge in [-0.15, -0.1) is 0 Å². The molecule has 7 heteroatoms. The second-order valence-corrected chi connectivity index (χ2v) is 8.31. The topological polar surface area (TPSA) is 79.8 Å². The number of aryl methyl sites for hydroxylation is 2. The molecule has 0 unspecified atom stereocenters. The molecule has 1 atom stereocenters. The quantitative estimate of drug-likeness (QED) is 0.650. The number of nitrogens with zero attached hydrogens (tertiary/aromatic N) is 1. The summed E-state index contributed by atoms with van der Waals surface area (Å²) < 4.78 is 5.25. The van der Waals surface area contributed by atoms with E-state index in [-0.39, 0.29) is 17.6 Å². The van der Waals surface area contributed by atoms with E-state index >= 15 is 0 Å². The Morgan fingerprint density at radius 1 is 1.10 bits per heavy atom. The van der Waals surface area contributed by atoms with Crippen LogP contribution < -0.4 is 10.6 Å². The van der Waals surface area contributed by atoms with Crippen LogP contribution in [-0.4, -0.2) is 29.4 Å². The number of hydrogen-bond donors (Lipinski definition) is 2. The molecule has 2 aromatic rings. The summed E-state index contributed by atoms with van der Waals surface area (Å²) in [5.74, 6) is -0.308. The molecule has 0 radical (unpaired) electrons. The van der Waals surface area contributed by atoms with Crippen LogP contribution in [-0.2, 0) is 14.3 Å². The molecule has 2 aromatic carbocycles. The van der Waals surface area contributed by atoms with Gasteiger partial charge in [-0.05, 0) is 56.5 Å². The fourth-order valence-electron chi connectivity index (χ4n) is 3.45. The minimum absolute atomic E-state index is 0.117. The van der Waals surface area contributed by atoms with Crippen LogP contribution in [0, 0.1) is 13.8 Å². The van der Waals surface area contributed by atoms with Gasteiger partial charge < -0.3 is 15.4 Å². The molecule has 162 valence electrons. The number of amidine groups is 1. The minimum Gasteiger partial charge on any atom is -0.463 e. The predicted octanol–water partition coefficient (Wildman–Crippen LogP) is 4.51. The first kappa shape index (κ1) is 22.6. The summed E-state index contributed by atoms with van der Waals surface area (Å²) >= 11 is 1.30. The maximum absolute atomic E-state index is 12.6. The number of aliphatic imine (C=N–C) groups is 1. The van der Waals surface area contributed by atoms with Gasteiger partial charge in [0, 0.05) is 11.4 Å². The third-order valence-corrected chi connectivity index (χ3v) is 5.56. The van der Waals surface area contributed by atoms with E-state index in [1.54, 1.807) is 6.92 Å². The summed E-state index contributed by atoms with van der Waals surface area (Å²) in [6.07, 6.45) is 0. The number of ether oxygens (including phenoxy) is 1. The fraction of sp³-hybridized carbons (Fsp3) is 0.292. The number of esters is 1. The number of thioether (sulfide) groups is 1. The Morgan fingerprint density at radius 2 is 1.77 bits per heavy atom. The number of benzene rings is 2. The molecule has 0 bridgehead atoms. The number of allylic oxidation sites excluding steroid dienone is 1. The van der Waals surface area contributed by atoms with Gasteiger partial charge in [0.15, 0.2) is 5.17 Å². The number of hydrogen-bond acceptors (Lipinski definition) is 6. The van der Waals surface area contributed by atoms with Gasteiger partial charge in [0.1, 0.15) is 6.04 Å². The van der Waals surface area contributed by atoms with E-state index in [0.29, 0.717) is 23.0 Å². The van der Waals surface area contributed by atoms with Crippen LogP contribution in [0.25, 0.3) is 0 Å². The van der Waals surface area contributed by atoms with Crippen LogP contribution in [0.5, 0.6) is 0 Å². The van der Waals surface area contributed by atoms with Crippen molar-refractivity contribution in [3.05, 3.63) is 76.5 Å². The normalized spacial score (nSPS) is 15.7. The van der Waals surface area contributed by atoms with Crippen LogP contribution in [0.15, 0.2) is 64.8 Å². The van der Waals surface area contributed by atoms with Crippen molar-refractivity contribution in [2.45, 2.75) is 33.7 Å². The molecule has 1 amide bonds. The monoisotopic (exact) mass is 437 g/mol. The SMILES string of the molecule is CCOC(=O)C1=C(C)NC(SCC(=O)Nc2cc(C)cc(C)c2)=N[C@@H]1c1ccccc1. The molecule has 0 fully saturated rings. The van der Waals surface area contributed by atoms with Crippen molar-refractivity contribution in [1.29, 1.82) is 0 Å². The van der Waals surface area contributed by atoms with Crippen molar-refractivity contribution in [2.24, 2.45) is 4.99 Å². The van der Waals surface area contributed by atoms with Crippen LogP contribution in [0.3, 0.4) is 0 Å². The second kappa shape index (κ2) is 10.3. The first-order valence-electron chi connectivity index (χ1n) is 10.2. The molecule has 2 N–H and O–H groups in total. The molecule has 0 aliphatic carbocycles. The first-order chi connectivity index (χ1) is 14.9. The Hall–Kier alpha value is -3.06. The van der Waals surface area contributed by atoms with Crippen LogP contribution in [0.4, 0.5) is 5.69 Å². The molecule has 1 aliphatic heterocycles. The van der Waals surface area contributed by atoms with Gasteiger partial charge in [-0.1, -0.05) is 48.2 Å². The lowest BCUT2D eigenvalue weighted by Crippen LogP contribution is -2.31. The molecule has 6 nitrogen and oxygen atoms in total. The molecule has 0 saturated carbocycles. The van der Waals surface area contributed by atoms with E-state index in [1.165, 1.54) is 11.8 Å². The van der Waals surface area contributed by atoms with Crippen LogP contribution in [0.2, 0.25) is 0 Å². The highest BCUT2D eigenvalue weighted by atomic mass is 32.2. The number of anilines is 1. The summed E-state index contributed by atoms with van der Waals surface area (Å²) in [7, 11) is 0. The molecule has 1 aliphatic rings. The standard InChI is InChI=1S/C24H27N3O3S/c1-5-30-23(29)21-17(4)25-24(27-22(21)18-9-7-6-8-10-18)31-14-20(28)26-19-12-15(2)11-16(3)13-19/h6-13,22H,5,14H2,1-4H3,(H,25,27)(H,26,28)/t22-/m1/s1. The van der Waals surface area contributed by atoms with Gasteiger partial charge in [0.25, 0.3) is 0 Å². The van der Waals surface area contributed by atoms with Gasteiger partial charge in [-0.25, -0.2) is 9.79 Å². The Kier molecular flexibility index (Phi) is 7.52. The lowest BCUT2D eigenvalue weighted by atomic mass is 9.97. The maximum atomic E-state index is 12.6. The number of nitrogens with one attached hydrogen (secondary N) is 2. The lowest BCUT2D eigenvalue weighted by molar-refractivity contribution is -0.139. The first-order valence-corrected chi connectivity index (χ1v) is 11.1. The van der Waals surface area contributed by atoms with Crippen molar-refractivity contribution in [3.63, 3.8) is 0 Å². The van der Waals surface area contributed by atoms with Crippen LogP contribution in [0.1, 0.15) is 36.6 Å². The smallest absolute Gasteiger partial charge is 0.338 e. The number of carbonyl (C=O) groups is 2. The van der Waals surface area contributed by atoms with Gasteiger partial charge in [0.05, 0.1) is 17.9 Å². The van der Waals surface area contributed by atoms with E-state index in [0.717, 1.165) is 22.4 Å². The average molecular weight is 438 g/mol.